The molecule has 13 heavy (non-hydrogen) atoms. The Labute approximate surface area is 82.0 Å². The zero-order valence-electron chi connectivity index (χ0n) is 9.08. The van der Waals surface area contributed by atoms with Gasteiger partial charge in [0, 0.05) is 6.26 Å². The Morgan fingerprint density at radius 1 is 1.15 bits per heavy atom. The predicted octanol–water partition coefficient (Wildman–Crippen LogP) is 1.15. The molecule has 0 unspecified atom stereocenters. The second kappa shape index (κ2) is 5.60. The van der Waals surface area contributed by atoms with Crippen LogP contribution in [0.2, 0.25) is 0 Å². The largest absolute Gasteiger partial charge is 0.306 e. The van der Waals surface area contributed by atoms with Crippen LogP contribution in [0, 0.1) is 0 Å². The van der Waals surface area contributed by atoms with Gasteiger partial charge in [-0.1, -0.05) is 13.8 Å². The van der Waals surface area contributed by atoms with Gasteiger partial charge in [0.2, 0.25) is 0 Å². The average Bonchev–Trinajstić information content (AvgIpc) is 2.07. The lowest BCUT2D eigenvalue weighted by atomic mass is 10.1. The van der Waals surface area contributed by atoms with Gasteiger partial charge >= 0.3 is 0 Å². The molecular weight excluding hydrogens is 186 g/mol. The quantitative estimate of drug-likeness (QED) is 0.647. The van der Waals surface area contributed by atoms with E-state index in [0.717, 1.165) is 25.9 Å². The van der Waals surface area contributed by atoms with E-state index in [9.17, 15) is 8.42 Å². The summed E-state index contributed by atoms with van der Waals surface area (Å²) in [7, 11) is -0.750. The van der Waals surface area contributed by atoms with Gasteiger partial charge in [-0.3, -0.25) is 0 Å². The Morgan fingerprint density at radius 2 is 1.54 bits per heavy atom. The van der Waals surface area contributed by atoms with Crippen LogP contribution in [0.25, 0.3) is 0 Å². The summed E-state index contributed by atoms with van der Waals surface area (Å²) in [6.07, 6.45) is 2.94. The highest BCUT2D eigenvalue weighted by atomic mass is 32.2. The lowest BCUT2D eigenvalue weighted by Gasteiger charge is -2.27. The van der Waals surface area contributed by atoms with Crippen LogP contribution in [0.3, 0.4) is 0 Å². The van der Waals surface area contributed by atoms with Crippen LogP contribution in [0.4, 0.5) is 0 Å². The molecule has 1 saturated heterocycles. The molecule has 4 heteroatoms. The van der Waals surface area contributed by atoms with Crippen LogP contribution in [0.1, 0.15) is 26.7 Å². The van der Waals surface area contributed by atoms with Crippen molar-refractivity contribution in [1.29, 1.82) is 0 Å². The number of likely N-dealkylation sites (tertiary alicyclic amines) is 1. The fourth-order valence-corrected chi connectivity index (χ4v) is 2.48. The van der Waals surface area contributed by atoms with Crippen molar-refractivity contribution in [1.82, 2.24) is 4.90 Å². The Balaban J connectivity index is 0.000000671. The fourth-order valence-electron chi connectivity index (χ4n) is 1.41. The van der Waals surface area contributed by atoms with Crippen LogP contribution < -0.4 is 0 Å². The molecule has 0 bridgehead atoms. The summed E-state index contributed by atoms with van der Waals surface area (Å²) < 4.78 is 22.1. The highest BCUT2D eigenvalue weighted by Gasteiger charge is 2.24. The molecule has 0 amide bonds. The van der Waals surface area contributed by atoms with Crippen LogP contribution in [0.15, 0.2) is 0 Å². The summed E-state index contributed by atoms with van der Waals surface area (Å²) >= 11 is 0. The van der Waals surface area contributed by atoms with E-state index in [4.69, 9.17) is 0 Å². The molecule has 0 atom stereocenters. The van der Waals surface area contributed by atoms with Gasteiger partial charge < -0.3 is 4.90 Å². The summed E-state index contributed by atoms with van der Waals surface area (Å²) in [6.45, 7) is 5.83. The zero-order chi connectivity index (χ0) is 10.5. The molecule has 0 radical (unpaired) electrons. The smallest absolute Gasteiger partial charge is 0.150 e. The lowest BCUT2D eigenvalue weighted by molar-refractivity contribution is 0.278. The molecule has 1 aliphatic rings. The molecule has 0 aromatic carbocycles. The summed E-state index contributed by atoms with van der Waals surface area (Å²) in [5.41, 5.74) is 0. The molecule has 0 aromatic rings. The first-order chi connectivity index (χ1) is 6.00. The molecular formula is C9H21NO2S. The van der Waals surface area contributed by atoms with Gasteiger partial charge in [-0.05, 0) is 33.0 Å². The highest BCUT2D eigenvalue weighted by Crippen LogP contribution is 2.15. The van der Waals surface area contributed by atoms with Crippen molar-refractivity contribution in [3.8, 4) is 0 Å². The van der Waals surface area contributed by atoms with E-state index < -0.39 is 9.84 Å². The SMILES string of the molecule is CC.CN1CCC(S(C)(=O)=O)CC1. The lowest BCUT2D eigenvalue weighted by Crippen LogP contribution is -2.36. The van der Waals surface area contributed by atoms with Crippen molar-refractivity contribution in [2.45, 2.75) is 31.9 Å². The van der Waals surface area contributed by atoms with E-state index in [0.29, 0.717) is 0 Å². The number of hydrogen-bond donors (Lipinski definition) is 0. The van der Waals surface area contributed by atoms with E-state index >= 15 is 0 Å². The van der Waals surface area contributed by atoms with Crippen LogP contribution >= 0.6 is 0 Å². The Morgan fingerprint density at radius 3 is 1.85 bits per heavy atom. The Kier molecular flexibility index (Phi) is 5.56. The third-order valence-electron chi connectivity index (χ3n) is 2.27. The van der Waals surface area contributed by atoms with E-state index in [2.05, 4.69) is 4.90 Å². The highest BCUT2D eigenvalue weighted by molar-refractivity contribution is 7.91. The van der Waals surface area contributed by atoms with E-state index in [-0.39, 0.29) is 5.25 Å². The molecule has 3 nitrogen and oxygen atoms in total. The third-order valence-corrected chi connectivity index (χ3v) is 3.95. The Bertz CT molecular complexity index is 216. The monoisotopic (exact) mass is 207 g/mol. The minimum absolute atomic E-state index is 0.0845. The van der Waals surface area contributed by atoms with Gasteiger partial charge in [0.1, 0.15) is 9.84 Å². The maximum absolute atomic E-state index is 11.1. The van der Waals surface area contributed by atoms with Crippen molar-refractivity contribution >= 4 is 9.84 Å². The molecule has 0 saturated carbocycles. The van der Waals surface area contributed by atoms with Gasteiger partial charge in [-0.25, -0.2) is 8.42 Å². The third kappa shape index (κ3) is 4.62. The van der Waals surface area contributed by atoms with Crippen molar-refractivity contribution in [2.75, 3.05) is 26.4 Å². The maximum Gasteiger partial charge on any atom is 0.150 e. The molecule has 0 aliphatic carbocycles. The predicted molar refractivity (Wildman–Crippen MR) is 56.7 cm³/mol. The standard InChI is InChI=1S/C7H15NO2S.C2H6/c1-8-5-3-7(4-6-8)11(2,9)10;1-2/h7H,3-6H2,1-2H3;1-2H3. The van der Waals surface area contributed by atoms with Gasteiger partial charge in [0.15, 0.2) is 0 Å². The second-order valence-corrected chi connectivity index (χ2v) is 5.66. The average molecular weight is 207 g/mol. The van der Waals surface area contributed by atoms with Crippen LogP contribution in [-0.2, 0) is 9.84 Å². The van der Waals surface area contributed by atoms with Crippen LogP contribution in [-0.4, -0.2) is 45.0 Å². The zero-order valence-corrected chi connectivity index (χ0v) is 9.89. The number of piperidine rings is 1. The second-order valence-electron chi connectivity index (χ2n) is 3.33. The van der Waals surface area contributed by atoms with Crippen LogP contribution in [0.5, 0.6) is 0 Å². The molecule has 1 fully saturated rings. The van der Waals surface area contributed by atoms with Crippen molar-refractivity contribution in [3.63, 3.8) is 0 Å². The van der Waals surface area contributed by atoms with E-state index in [1.54, 1.807) is 0 Å². The summed E-state index contributed by atoms with van der Waals surface area (Å²) in [6, 6.07) is 0. The molecule has 0 N–H and O–H groups in total. The number of rotatable bonds is 1. The van der Waals surface area contributed by atoms with E-state index in [1.807, 2.05) is 20.9 Å². The molecule has 80 valence electrons. The topological polar surface area (TPSA) is 37.4 Å². The van der Waals surface area contributed by atoms with Gasteiger partial charge in [0.25, 0.3) is 0 Å². The molecule has 0 spiro atoms. The first-order valence-electron chi connectivity index (χ1n) is 4.87. The first-order valence-corrected chi connectivity index (χ1v) is 6.83. The number of sulfone groups is 1. The van der Waals surface area contributed by atoms with Crippen molar-refractivity contribution in [3.05, 3.63) is 0 Å². The van der Waals surface area contributed by atoms with Gasteiger partial charge in [-0.2, -0.15) is 0 Å². The summed E-state index contributed by atoms with van der Waals surface area (Å²) in [5, 5.41) is -0.0845. The molecule has 1 aliphatic heterocycles. The van der Waals surface area contributed by atoms with E-state index in [1.165, 1.54) is 6.26 Å². The molecule has 0 aromatic heterocycles. The normalized spacial score (nSPS) is 20.6. The minimum atomic E-state index is -2.78. The van der Waals surface area contributed by atoms with Gasteiger partial charge in [-0.15, -0.1) is 0 Å². The first kappa shape index (κ1) is 12.9. The van der Waals surface area contributed by atoms with Gasteiger partial charge in [0.05, 0.1) is 5.25 Å². The Hall–Kier alpha value is -0.0900. The summed E-state index contributed by atoms with van der Waals surface area (Å²) in [4.78, 5) is 2.17. The molecule has 1 rings (SSSR count). The summed E-state index contributed by atoms with van der Waals surface area (Å²) in [5.74, 6) is 0. The number of hydrogen-bond acceptors (Lipinski definition) is 3. The number of nitrogens with zero attached hydrogens (tertiary/aromatic N) is 1. The molecule has 1 heterocycles. The van der Waals surface area contributed by atoms with Crippen molar-refractivity contribution < 1.29 is 8.42 Å². The van der Waals surface area contributed by atoms with Crippen molar-refractivity contribution in [2.24, 2.45) is 0 Å². The maximum atomic E-state index is 11.1. The fraction of sp³-hybridized carbons (Fsp3) is 1.00. The minimum Gasteiger partial charge on any atom is -0.306 e.